The van der Waals surface area contributed by atoms with Gasteiger partial charge in [0.15, 0.2) is 12.0 Å². The third-order valence-electron chi connectivity index (χ3n) is 2.51. The van der Waals surface area contributed by atoms with Crippen LogP contribution in [-0.2, 0) is 4.74 Å². The van der Waals surface area contributed by atoms with Crippen LogP contribution in [0.2, 0.25) is 5.02 Å². The zero-order valence-electron chi connectivity index (χ0n) is 10.5. The topological polar surface area (TPSA) is 61.2 Å². The lowest BCUT2D eigenvalue weighted by molar-refractivity contribution is 0.0517. The second-order valence-electron chi connectivity index (χ2n) is 3.81. The molecule has 2 aromatic rings. The third-order valence-corrected chi connectivity index (χ3v) is 2.81. The Morgan fingerprint density at radius 3 is 2.90 bits per heavy atom. The van der Waals surface area contributed by atoms with Gasteiger partial charge < -0.3 is 4.74 Å². The van der Waals surface area contributed by atoms with Crippen molar-refractivity contribution in [3.8, 4) is 5.69 Å². The number of hydrogen-bond donors (Lipinski definition) is 0. The predicted molar refractivity (Wildman–Crippen MR) is 69.9 cm³/mol. The van der Waals surface area contributed by atoms with E-state index in [1.165, 1.54) is 23.0 Å². The van der Waals surface area contributed by atoms with E-state index in [-0.39, 0.29) is 22.9 Å². The molecule has 2 rings (SSSR count). The molecule has 0 spiro atoms. The highest BCUT2D eigenvalue weighted by Crippen LogP contribution is 2.19. The van der Waals surface area contributed by atoms with Crippen LogP contribution in [-0.4, -0.2) is 28.6 Å². The van der Waals surface area contributed by atoms with Crippen molar-refractivity contribution in [2.24, 2.45) is 0 Å². The summed E-state index contributed by atoms with van der Waals surface area (Å²) in [5.74, 6) is -1.33. The Bertz CT molecular complexity index is 670. The number of aromatic nitrogens is 2. The number of benzene rings is 1. The van der Waals surface area contributed by atoms with E-state index in [1.54, 1.807) is 6.92 Å². The molecule has 0 N–H and O–H groups in total. The summed E-state index contributed by atoms with van der Waals surface area (Å²) in [4.78, 5) is 22.6. The van der Waals surface area contributed by atoms with Crippen LogP contribution in [0, 0.1) is 5.82 Å². The van der Waals surface area contributed by atoms with Crippen LogP contribution < -0.4 is 0 Å². The normalized spacial score (nSPS) is 10.3. The zero-order valence-corrected chi connectivity index (χ0v) is 11.2. The van der Waals surface area contributed by atoms with Crippen molar-refractivity contribution in [2.45, 2.75) is 6.92 Å². The monoisotopic (exact) mass is 296 g/mol. The smallest absolute Gasteiger partial charge is 0.359 e. The molecule has 0 fully saturated rings. The number of rotatable bonds is 4. The van der Waals surface area contributed by atoms with Crippen LogP contribution in [0.5, 0.6) is 0 Å². The van der Waals surface area contributed by atoms with Gasteiger partial charge in [0, 0.05) is 12.3 Å². The highest BCUT2D eigenvalue weighted by atomic mass is 35.5. The molecular formula is C13H10ClFN2O3. The Balaban J connectivity index is 2.45. The Labute approximate surface area is 118 Å². The van der Waals surface area contributed by atoms with E-state index in [9.17, 15) is 14.0 Å². The third kappa shape index (κ3) is 2.70. The lowest BCUT2D eigenvalue weighted by Gasteiger charge is -2.02. The minimum atomic E-state index is -0.706. The Morgan fingerprint density at radius 2 is 2.30 bits per heavy atom. The van der Waals surface area contributed by atoms with Crippen LogP contribution in [0.1, 0.15) is 27.8 Å². The van der Waals surface area contributed by atoms with Crippen LogP contribution in [0.4, 0.5) is 4.39 Å². The molecule has 0 saturated carbocycles. The molecule has 5 nitrogen and oxygen atoms in total. The van der Waals surface area contributed by atoms with Crippen molar-refractivity contribution in [2.75, 3.05) is 6.61 Å². The largest absolute Gasteiger partial charge is 0.461 e. The molecule has 0 aliphatic carbocycles. The molecule has 1 heterocycles. The van der Waals surface area contributed by atoms with E-state index in [1.807, 2.05) is 0 Å². The first-order valence-electron chi connectivity index (χ1n) is 5.74. The fraction of sp³-hybridized carbons (Fsp3) is 0.154. The summed E-state index contributed by atoms with van der Waals surface area (Å²) >= 11 is 5.59. The highest BCUT2D eigenvalue weighted by Gasteiger charge is 2.18. The second-order valence-corrected chi connectivity index (χ2v) is 4.22. The molecule has 1 aromatic carbocycles. The van der Waals surface area contributed by atoms with E-state index in [0.717, 1.165) is 6.07 Å². The number of halogens is 2. The van der Waals surface area contributed by atoms with E-state index < -0.39 is 11.8 Å². The average molecular weight is 297 g/mol. The Kier molecular flexibility index (Phi) is 4.14. The molecule has 20 heavy (non-hydrogen) atoms. The van der Waals surface area contributed by atoms with Crippen molar-refractivity contribution in [1.29, 1.82) is 0 Å². The van der Waals surface area contributed by atoms with Crippen LogP contribution in [0.3, 0.4) is 0 Å². The molecule has 1 aromatic heterocycles. The molecular weight excluding hydrogens is 287 g/mol. The van der Waals surface area contributed by atoms with Gasteiger partial charge in [-0.3, -0.25) is 4.79 Å². The number of nitrogens with zero attached hydrogens (tertiary/aromatic N) is 2. The molecule has 0 aliphatic heterocycles. The SMILES string of the molecule is CCOC(=O)c1nn(-c2ccc(Cl)c(F)c2)cc1C=O. The maximum atomic E-state index is 13.4. The van der Waals surface area contributed by atoms with Gasteiger partial charge in [-0.2, -0.15) is 5.10 Å². The number of aldehydes is 1. The lowest BCUT2D eigenvalue weighted by atomic mass is 10.3. The van der Waals surface area contributed by atoms with Crippen molar-refractivity contribution >= 4 is 23.9 Å². The van der Waals surface area contributed by atoms with Gasteiger partial charge >= 0.3 is 5.97 Å². The maximum absolute atomic E-state index is 13.4. The molecule has 7 heteroatoms. The van der Waals surface area contributed by atoms with Crippen molar-refractivity contribution in [3.63, 3.8) is 0 Å². The van der Waals surface area contributed by atoms with Crippen LogP contribution in [0.15, 0.2) is 24.4 Å². The van der Waals surface area contributed by atoms with Crippen LogP contribution >= 0.6 is 11.6 Å². The van der Waals surface area contributed by atoms with E-state index in [0.29, 0.717) is 12.0 Å². The summed E-state index contributed by atoms with van der Waals surface area (Å²) in [7, 11) is 0. The fourth-order valence-electron chi connectivity index (χ4n) is 1.59. The quantitative estimate of drug-likeness (QED) is 0.643. The van der Waals surface area contributed by atoms with Crippen molar-refractivity contribution < 1.29 is 18.7 Å². The first-order valence-corrected chi connectivity index (χ1v) is 6.12. The number of esters is 1. The van der Waals surface area contributed by atoms with Gasteiger partial charge in [0.1, 0.15) is 5.82 Å². The van der Waals surface area contributed by atoms with Crippen molar-refractivity contribution in [3.05, 3.63) is 46.5 Å². The number of hydrogen-bond acceptors (Lipinski definition) is 4. The first kappa shape index (κ1) is 14.2. The predicted octanol–water partition coefficient (Wildman–Crippen LogP) is 2.65. The molecule has 104 valence electrons. The zero-order chi connectivity index (χ0) is 14.7. The summed E-state index contributed by atoms with van der Waals surface area (Å²) < 4.78 is 19.4. The Morgan fingerprint density at radius 1 is 1.55 bits per heavy atom. The maximum Gasteiger partial charge on any atom is 0.359 e. The molecule has 0 aliphatic rings. The molecule has 0 amide bonds. The molecule has 0 saturated heterocycles. The van der Waals surface area contributed by atoms with E-state index in [2.05, 4.69) is 5.10 Å². The molecule has 0 bridgehead atoms. The van der Waals surface area contributed by atoms with Gasteiger partial charge in [-0.25, -0.2) is 13.9 Å². The van der Waals surface area contributed by atoms with E-state index >= 15 is 0 Å². The standard InChI is InChI=1S/C13H10ClFN2O3/c1-2-20-13(19)12-8(7-18)6-17(16-12)9-3-4-10(14)11(15)5-9/h3-7H,2H2,1H3. The molecule has 0 radical (unpaired) electrons. The van der Waals surface area contributed by atoms with Gasteiger partial charge in [0.05, 0.1) is 22.9 Å². The number of carbonyl (C=O) groups excluding carboxylic acids is 2. The summed E-state index contributed by atoms with van der Waals surface area (Å²) in [6.45, 7) is 1.81. The molecule has 0 atom stereocenters. The minimum Gasteiger partial charge on any atom is -0.461 e. The fourth-order valence-corrected chi connectivity index (χ4v) is 1.71. The number of ether oxygens (including phenoxy) is 1. The van der Waals surface area contributed by atoms with Gasteiger partial charge in [-0.1, -0.05) is 11.6 Å². The van der Waals surface area contributed by atoms with Gasteiger partial charge in [-0.05, 0) is 19.1 Å². The minimum absolute atomic E-state index is 0.0258. The second kappa shape index (κ2) is 5.83. The lowest BCUT2D eigenvalue weighted by Crippen LogP contribution is -2.08. The van der Waals surface area contributed by atoms with Gasteiger partial charge in [0.25, 0.3) is 0 Å². The molecule has 0 unspecified atom stereocenters. The number of carbonyl (C=O) groups is 2. The summed E-state index contributed by atoms with van der Waals surface area (Å²) in [6, 6.07) is 4.03. The Hall–Kier alpha value is -2.21. The first-order chi connectivity index (χ1) is 9.56. The van der Waals surface area contributed by atoms with Crippen LogP contribution in [0.25, 0.3) is 5.69 Å². The average Bonchev–Trinajstić information content (AvgIpc) is 2.86. The summed E-state index contributed by atoms with van der Waals surface area (Å²) in [5.41, 5.74) is 0.293. The van der Waals surface area contributed by atoms with E-state index in [4.69, 9.17) is 16.3 Å². The summed E-state index contributed by atoms with van der Waals surface area (Å²) in [6.07, 6.45) is 1.81. The van der Waals surface area contributed by atoms with Gasteiger partial charge in [0.2, 0.25) is 0 Å². The van der Waals surface area contributed by atoms with Gasteiger partial charge in [-0.15, -0.1) is 0 Å². The van der Waals surface area contributed by atoms with Crippen molar-refractivity contribution in [1.82, 2.24) is 9.78 Å². The summed E-state index contributed by atoms with van der Waals surface area (Å²) in [5, 5.41) is 3.92. The highest BCUT2D eigenvalue weighted by molar-refractivity contribution is 6.30.